The van der Waals surface area contributed by atoms with Crippen molar-refractivity contribution in [2.24, 2.45) is 0 Å². The molecule has 22 heavy (non-hydrogen) atoms. The molecule has 0 fully saturated rings. The van der Waals surface area contributed by atoms with Crippen LogP contribution >= 0.6 is 11.6 Å². The summed E-state index contributed by atoms with van der Waals surface area (Å²) in [5.41, 5.74) is 1.64. The largest absolute Gasteiger partial charge is 0.460 e. The summed E-state index contributed by atoms with van der Waals surface area (Å²) in [7, 11) is 0. The van der Waals surface area contributed by atoms with Crippen LogP contribution in [0, 0.1) is 0 Å². The van der Waals surface area contributed by atoms with Crippen LogP contribution in [0.3, 0.4) is 0 Å². The van der Waals surface area contributed by atoms with Crippen LogP contribution in [-0.4, -0.2) is 17.2 Å². The summed E-state index contributed by atoms with van der Waals surface area (Å²) in [5, 5.41) is 10.7. The molecule has 0 saturated heterocycles. The van der Waals surface area contributed by atoms with Crippen molar-refractivity contribution in [3.63, 3.8) is 0 Å². The van der Waals surface area contributed by atoms with Gasteiger partial charge < -0.3 is 9.84 Å². The molecule has 0 aliphatic rings. The van der Waals surface area contributed by atoms with E-state index in [-0.39, 0.29) is 12.4 Å². The zero-order valence-corrected chi connectivity index (χ0v) is 13.2. The van der Waals surface area contributed by atoms with Crippen LogP contribution in [0.2, 0.25) is 5.02 Å². The van der Waals surface area contributed by atoms with E-state index in [1.165, 1.54) is 0 Å². The first kappa shape index (κ1) is 16.5. The Bertz CT molecular complexity index is 613. The summed E-state index contributed by atoms with van der Waals surface area (Å²) < 4.78 is 5.30. The number of aliphatic hydroxyl groups is 1. The number of rotatable bonds is 6. The molecule has 2 aromatic carbocycles. The lowest BCUT2D eigenvalue weighted by atomic mass is 10.1. The molecule has 3 nitrogen and oxygen atoms in total. The van der Waals surface area contributed by atoms with E-state index in [9.17, 15) is 9.90 Å². The first-order valence-corrected chi connectivity index (χ1v) is 7.61. The molecule has 2 atom stereocenters. The SMILES string of the molecule is C[C@@H](OC(=O)CCc1ccccc1)[C@H](O)c1ccccc1Cl. The van der Waals surface area contributed by atoms with Crippen LogP contribution in [0.25, 0.3) is 0 Å². The van der Waals surface area contributed by atoms with Gasteiger partial charge in [0.05, 0.1) is 0 Å². The van der Waals surface area contributed by atoms with Gasteiger partial charge in [0.25, 0.3) is 0 Å². The second-order valence-electron chi connectivity index (χ2n) is 5.15. The fraction of sp³-hybridized carbons (Fsp3) is 0.278. The van der Waals surface area contributed by atoms with Crippen molar-refractivity contribution in [3.05, 3.63) is 70.7 Å². The number of aliphatic hydroxyl groups excluding tert-OH is 1. The van der Waals surface area contributed by atoms with E-state index in [1.54, 1.807) is 31.2 Å². The fourth-order valence-electron chi connectivity index (χ4n) is 2.19. The first-order chi connectivity index (χ1) is 10.6. The number of benzene rings is 2. The molecule has 0 amide bonds. The topological polar surface area (TPSA) is 46.5 Å². The van der Waals surface area contributed by atoms with Crippen LogP contribution < -0.4 is 0 Å². The van der Waals surface area contributed by atoms with E-state index in [4.69, 9.17) is 16.3 Å². The maximum atomic E-state index is 11.9. The number of hydrogen-bond donors (Lipinski definition) is 1. The van der Waals surface area contributed by atoms with Crippen molar-refractivity contribution in [1.29, 1.82) is 0 Å². The van der Waals surface area contributed by atoms with Gasteiger partial charge in [-0.2, -0.15) is 0 Å². The van der Waals surface area contributed by atoms with Crippen molar-refractivity contribution < 1.29 is 14.6 Å². The second-order valence-corrected chi connectivity index (χ2v) is 5.55. The van der Waals surface area contributed by atoms with Gasteiger partial charge in [0.15, 0.2) is 0 Å². The van der Waals surface area contributed by atoms with Gasteiger partial charge in [0, 0.05) is 17.0 Å². The Hall–Kier alpha value is -1.84. The molecule has 0 aromatic heterocycles. The summed E-state index contributed by atoms with van der Waals surface area (Å²) >= 11 is 6.04. The summed E-state index contributed by atoms with van der Waals surface area (Å²) in [6.45, 7) is 1.66. The first-order valence-electron chi connectivity index (χ1n) is 7.24. The normalized spacial score (nSPS) is 13.4. The lowest BCUT2D eigenvalue weighted by Gasteiger charge is -2.20. The molecule has 0 heterocycles. The summed E-state index contributed by atoms with van der Waals surface area (Å²) in [4.78, 5) is 11.9. The number of halogens is 1. The van der Waals surface area contributed by atoms with Gasteiger partial charge in [0.1, 0.15) is 12.2 Å². The zero-order chi connectivity index (χ0) is 15.9. The number of hydrogen-bond acceptors (Lipinski definition) is 3. The number of ether oxygens (including phenoxy) is 1. The molecule has 0 spiro atoms. The zero-order valence-electron chi connectivity index (χ0n) is 12.4. The highest BCUT2D eigenvalue weighted by Crippen LogP contribution is 2.26. The molecule has 0 radical (unpaired) electrons. The van der Waals surface area contributed by atoms with Gasteiger partial charge in [-0.25, -0.2) is 0 Å². The minimum atomic E-state index is -0.936. The molecule has 0 aliphatic carbocycles. The average Bonchev–Trinajstić information content (AvgIpc) is 2.53. The minimum Gasteiger partial charge on any atom is -0.460 e. The third kappa shape index (κ3) is 4.58. The maximum absolute atomic E-state index is 11.9. The lowest BCUT2D eigenvalue weighted by Crippen LogP contribution is -2.23. The minimum absolute atomic E-state index is 0.281. The van der Waals surface area contributed by atoms with E-state index in [2.05, 4.69) is 0 Å². The highest BCUT2D eigenvalue weighted by molar-refractivity contribution is 6.31. The monoisotopic (exact) mass is 318 g/mol. The van der Waals surface area contributed by atoms with Crippen LogP contribution in [-0.2, 0) is 16.0 Å². The summed E-state index contributed by atoms with van der Waals surface area (Å²) in [5.74, 6) is -0.331. The molecule has 4 heteroatoms. The van der Waals surface area contributed by atoms with Crippen molar-refractivity contribution >= 4 is 17.6 Å². The van der Waals surface area contributed by atoms with Crippen molar-refractivity contribution in [2.75, 3.05) is 0 Å². The Morgan fingerprint density at radius 2 is 1.77 bits per heavy atom. The van der Waals surface area contributed by atoms with E-state index < -0.39 is 12.2 Å². The van der Waals surface area contributed by atoms with E-state index in [0.717, 1.165) is 5.56 Å². The fourth-order valence-corrected chi connectivity index (χ4v) is 2.44. The van der Waals surface area contributed by atoms with Crippen molar-refractivity contribution in [2.45, 2.75) is 32.0 Å². The van der Waals surface area contributed by atoms with Crippen LogP contribution in [0.4, 0.5) is 0 Å². The highest BCUT2D eigenvalue weighted by atomic mass is 35.5. The van der Waals surface area contributed by atoms with Crippen LogP contribution in [0.15, 0.2) is 54.6 Å². The Morgan fingerprint density at radius 1 is 1.14 bits per heavy atom. The molecule has 1 N–H and O–H groups in total. The molecule has 116 valence electrons. The quantitative estimate of drug-likeness (QED) is 0.821. The van der Waals surface area contributed by atoms with E-state index in [0.29, 0.717) is 17.0 Å². The van der Waals surface area contributed by atoms with Gasteiger partial charge >= 0.3 is 5.97 Å². The van der Waals surface area contributed by atoms with Gasteiger partial charge in [-0.15, -0.1) is 0 Å². The summed E-state index contributed by atoms with van der Waals surface area (Å²) in [6, 6.07) is 16.7. The predicted molar refractivity (Wildman–Crippen MR) is 86.7 cm³/mol. The van der Waals surface area contributed by atoms with Gasteiger partial charge in [-0.3, -0.25) is 4.79 Å². The number of aryl methyl sites for hydroxylation is 1. The molecule has 0 saturated carbocycles. The average molecular weight is 319 g/mol. The van der Waals surface area contributed by atoms with Crippen LogP contribution in [0.1, 0.15) is 30.6 Å². The van der Waals surface area contributed by atoms with Crippen molar-refractivity contribution in [3.8, 4) is 0 Å². The van der Waals surface area contributed by atoms with Crippen LogP contribution in [0.5, 0.6) is 0 Å². The summed E-state index contributed by atoms with van der Waals surface area (Å²) in [6.07, 6.45) is -0.685. The van der Waals surface area contributed by atoms with Crippen molar-refractivity contribution in [1.82, 2.24) is 0 Å². The number of esters is 1. The third-order valence-electron chi connectivity index (χ3n) is 3.45. The molecule has 0 unspecified atom stereocenters. The smallest absolute Gasteiger partial charge is 0.306 e. The van der Waals surface area contributed by atoms with E-state index in [1.807, 2.05) is 30.3 Å². The molecular formula is C18H19ClO3. The van der Waals surface area contributed by atoms with Gasteiger partial charge in [-0.1, -0.05) is 60.1 Å². The molecular weight excluding hydrogens is 300 g/mol. The van der Waals surface area contributed by atoms with Gasteiger partial charge in [-0.05, 0) is 25.0 Å². The van der Waals surface area contributed by atoms with E-state index >= 15 is 0 Å². The van der Waals surface area contributed by atoms with Gasteiger partial charge in [0.2, 0.25) is 0 Å². The number of carbonyl (C=O) groups excluding carboxylic acids is 1. The second kappa shape index (κ2) is 7.97. The maximum Gasteiger partial charge on any atom is 0.306 e. The number of carbonyl (C=O) groups is 1. The highest BCUT2D eigenvalue weighted by Gasteiger charge is 2.22. The Labute approximate surface area is 135 Å². The Balaban J connectivity index is 1.87. The molecule has 2 aromatic rings. The predicted octanol–water partition coefficient (Wildman–Crippen LogP) is 3.94. The molecule has 0 bridgehead atoms. The molecule has 2 rings (SSSR count). The lowest BCUT2D eigenvalue weighted by molar-refractivity contribution is -0.153. The Kier molecular flexibility index (Phi) is 5.99. The standard InChI is InChI=1S/C18H19ClO3/c1-13(18(21)15-9-5-6-10-16(15)19)22-17(20)12-11-14-7-3-2-4-8-14/h2-10,13,18,21H,11-12H2,1H3/t13-,18+/m1/s1. The molecule has 0 aliphatic heterocycles. The third-order valence-corrected chi connectivity index (χ3v) is 3.79. The Morgan fingerprint density at radius 3 is 2.45 bits per heavy atom.